The van der Waals surface area contributed by atoms with Gasteiger partial charge >= 0.3 is 0 Å². The molecule has 1 aromatic heterocycles. The monoisotopic (exact) mass is 409 g/mol. The van der Waals surface area contributed by atoms with Crippen molar-refractivity contribution in [3.05, 3.63) is 70.7 Å². The lowest BCUT2D eigenvalue weighted by molar-refractivity contribution is -0.118. The highest BCUT2D eigenvalue weighted by Crippen LogP contribution is 2.23. The predicted octanol–water partition coefficient (Wildman–Crippen LogP) is 4.84. The maximum absolute atomic E-state index is 12.2. The number of aromatic nitrogens is 1. The number of nitrogens with zero attached hydrogens (tertiary/aromatic N) is 1. The zero-order valence-corrected chi connectivity index (χ0v) is 17.4. The summed E-state index contributed by atoms with van der Waals surface area (Å²) < 4.78 is 5.59. The number of hydrogen-bond donors (Lipinski definition) is 2. The first-order valence-electron chi connectivity index (χ1n) is 9.26. The van der Waals surface area contributed by atoms with Crippen LogP contribution in [0.4, 0.5) is 10.8 Å². The molecule has 2 N–H and O–H groups in total. The van der Waals surface area contributed by atoms with Gasteiger partial charge in [-0.2, -0.15) is 0 Å². The maximum atomic E-state index is 12.2. The summed E-state index contributed by atoms with van der Waals surface area (Å²) in [4.78, 5) is 28.3. The van der Waals surface area contributed by atoms with E-state index in [2.05, 4.69) is 29.5 Å². The summed E-state index contributed by atoms with van der Waals surface area (Å²) in [5.41, 5.74) is 3.48. The molecule has 3 rings (SSSR count). The standard InChI is InChI=1S/C22H23N3O3S/c1-14(2)19-9-8-18(12-15(19)3)28-13-20(26)24-17-6-4-16(5-7-17)21(27)25-22-23-10-11-29-22/h4-12,14H,13H2,1-3H3,(H,24,26)(H,23,25,27). The molecular formula is C22H23N3O3S. The van der Waals surface area contributed by atoms with Crippen molar-refractivity contribution in [2.75, 3.05) is 17.2 Å². The molecule has 0 unspecified atom stereocenters. The predicted molar refractivity (Wildman–Crippen MR) is 116 cm³/mol. The van der Waals surface area contributed by atoms with Crippen molar-refractivity contribution >= 4 is 34.0 Å². The van der Waals surface area contributed by atoms with E-state index in [0.717, 1.165) is 5.56 Å². The topological polar surface area (TPSA) is 80.3 Å². The Hall–Kier alpha value is -3.19. The lowest BCUT2D eigenvalue weighted by atomic mass is 9.98. The van der Waals surface area contributed by atoms with Crippen LogP contribution in [0.15, 0.2) is 54.0 Å². The average Bonchev–Trinajstić information content (AvgIpc) is 3.19. The fourth-order valence-electron chi connectivity index (χ4n) is 2.89. The molecule has 0 spiro atoms. The van der Waals surface area contributed by atoms with Crippen LogP contribution in [-0.4, -0.2) is 23.4 Å². The van der Waals surface area contributed by atoms with E-state index < -0.39 is 0 Å². The maximum Gasteiger partial charge on any atom is 0.262 e. The molecule has 0 aliphatic carbocycles. The molecule has 0 atom stereocenters. The highest BCUT2D eigenvalue weighted by atomic mass is 32.1. The normalized spacial score (nSPS) is 10.6. The van der Waals surface area contributed by atoms with E-state index in [9.17, 15) is 9.59 Å². The number of aryl methyl sites for hydroxylation is 1. The number of thiazole rings is 1. The molecule has 3 aromatic rings. The van der Waals surface area contributed by atoms with Crippen LogP contribution in [0, 0.1) is 6.92 Å². The van der Waals surface area contributed by atoms with Gasteiger partial charge in [0.2, 0.25) is 0 Å². The molecule has 150 valence electrons. The zero-order chi connectivity index (χ0) is 20.8. The Bertz CT molecular complexity index is 983. The van der Waals surface area contributed by atoms with Crippen LogP contribution in [0.25, 0.3) is 0 Å². The van der Waals surface area contributed by atoms with E-state index in [1.165, 1.54) is 16.9 Å². The van der Waals surface area contributed by atoms with Crippen LogP contribution in [0.1, 0.15) is 41.3 Å². The molecule has 1 heterocycles. The Kier molecular flexibility index (Phi) is 6.61. The van der Waals surface area contributed by atoms with Gasteiger partial charge in [-0.1, -0.05) is 19.9 Å². The second-order valence-corrected chi connectivity index (χ2v) is 7.77. The van der Waals surface area contributed by atoms with Gasteiger partial charge in [0, 0.05) is 22.8 Å². The lowest BCUT2D eigenvalue weighted by Gasteiger charge is -2.12. The minimum Gasteiger partial charge on any atom is -0.484 e. The van der Waals surface area contributed by atoms with Crippen molar-refractivity contribution in [2.45, 2.75) is 26.7 Å². The Morgan fingerprint density at radius 1 is 1.10 bits per heavy atom. The molecule has 29 heavy (non-hydrogen) atoms. The Balaban J connectivity index is 1.51. The van der Waals surface area contributed by atoms with Crippen LogP contribution in [-0.2, 0) is 4.79 Å². The van der Waals surface area contributed by atoms with E-state index in [4.69, 9.17) is 4.74 Å². The third-order valence-electron chi connectivity index (χ3n) is 4.32. The summed E-state index contributed by atoms with van der Waals surface area (Å²) in [6, 6.07) is 12.5. The number of amides is 2. The molecule has 2 aromatic carbocycles. The second kappa shape index (κ2) is 9.34. The molecule has 0 bridgehead atoms. The average molecular weight is 410 g/mol. The molecule has 0 saturated carbocycles. The van der Waals surface area contributed by atoms with Gasteiger partial charge in [0.1, 0.15) is 5.75 Å². The second-order valence-electron chi connectivity index (χ2n) is 6.88. The SMILES string of the molecule is Cc1cc(OCC(=O)Nc2ccc(C(=O)Nc3nccs3)cc2)ccc1C(C)C. The molecule has 6 nitrogen and oxygen atoms in total. The van der Waals surface area contributed by atoms with Gasteiger partial charge in [-0.25, -0.2) is 4.98 Å². The molecule has 0 saturated heterocycles. The van der Waals surface area contributed by atoms with Crippen molar-refractivity contribution in [1.82, 2.24) is 4.98 Å². The first-order chi connectivity index (χ1) is 13.9. The van der Waals surface area contributed by atoms with Gasteiger partial charge in [-0.15, -0.1) is 11.3 Å². The van der Waals surface area contributed by atoms with E-state index in [-0.39, 0.29) is 18.4 Å². The van der Waals surface area contributed by atoms with Crippen LogP contribution >= 0.6 is 11.3 Å². The van der Waals surface area contributed by atoms with Gasteiger partial charge in [-0.05, 0) is 60.4 Å². The molecule has 0 fully saturated rings. The van der Waals surface area contributed by atoms with Crippen molar-refractivity contribution < 1.29 is 14.3 Å². The van der Waals surface area contributed by atoms with Crippen molar-refractivity contribution in [2.24, 2.45) is 0 Å². The number of ether oxygens (including phenoxy) is 1. The molecule has 0 aliphatic heterocycles. The minimum absolute atomic E-state index is 0.0905. The van der Waals surface area contributed by atoms with Crippen molar-refractivity contribution in [1.29, 1.82) is 0 Å². The summed E-state index contributed by atoms with van der Waals surface area (Å²) in [6.45, 7) is 6.23. The molecule has 7 heteroatoms. The fraction of sp³-hybridized carbons (Fsp3) is 0.227. The number of nitrogens with one attached hydrogen (secondary N) is 2. The van der Waals surface area contributed by atoms with E-state index in [1.54, 1.807) is 35.8 Å². The van der Waals surface area contributed by atoms with Crippen molar-refractivity contribution in [3.8, 4) is 5.75 Å². The fourth-order valence-corrected chi connectivity index (χ4v) is 3.42. The zero-order valence-electron chi connectivity index (χ0n) is 16.6. The Morgan fingerprint density at radius 2 is 1.86 bits per heavy atom. The van der Waals surface area contributed by atoms with Crippen molar-refractivity contribution in [3.63, 3.8) is 0 Å². The number of carbonyl (C=O) groups is 2. The molecule has 0 aliphatic rings. The number of rotatable bonds is 7. The first-order valence-corrected chi connectivity index (χ1v) is 10.1. The third kappa shape index (κ3) is 5.65. The Labute approximate surface area is 173 Å². The van der Waals surface area contributed by atoms with Gasteiger partial charge < -0.3 is 10.1 Å². The first kappa shape index (κ1) is 20.5. The van der Waals surface area contributed by atoms with Crippen LogP contribution in [0.5, 0.6) is 5.75 Å². The van der Waals surface area contributed by atoms with E-state index >= 15 is 0 Å². The quantitative estimate of drug-likeness (QED) is 0.585. The summed E-state index contributed by atoms with van der Waals surface area (Å²) >= 11 is 1.35. The third-order valence-corrected chi connectivity index (χ3v) is 5.01. The summed E-state index contributed by atoms with van der Waals surface area (Å²) in [6.07, 6.45) is 1.63. The number of carbonyl (C=O) groups excluding carboxylic acids is 2. The number of anilines is 2. The highest BCUT2D eigenvalue weighted by molar-refractivity contribution is 7.13. The summed E-state index contributed by atoms with van der Waals surface area (Å²) in [5.74, 6) is 0.590. The van der Waals surface area contributed by atoms with Gasteiger partial charge in [0.05, 0.1) is 0 Å². The largest absolute Gasteiger partial charge is 0.484 e. The van der Waals surface area contributed by atoms with Gasteiger partial charge in [0.15, 0.2) is 11.7 Å². The lowest BCUT2D eigenvalue weighted by Crippen LogP contribution is -2.20. The molecular weight excluding hydrogens is 386 g/mol. The highest BCUT2D eigenvalue weighted by Gasteiger charge is 2.10. The van der Waals surface area contributed by atoms with Gasteiger partial charge in [0.25, 0.3) is 11.8 Å². The minimum atomic E-state index is -0.268. The number of benzene rings is 2. The summed E-state index contributed by atoms with van der Waals surface area (Å²) in [7, 11) is 0. The molecule has 0 radical (unpaired) electrons. The smallest absolute Gasteiger partial charge is 0.262 e. The van der Waals surface area contributed by atoms with E-state index in [1.807, 2.05) is 25.1 Å². The Morgan fingerprint density at radius 3 is 2.48 bits per heavy atom. The van der Waals surface area contributed by atoms with Crippen LogP contribution in [0.2, 0.25) is 0 Å². The molecule has 2 amide bonds. The van der Waals surface area contributed by atoms with Crippen LogP contribution in [0.3, 0.4) is 0 Å². The van der Waals surface area contributed by atoms with Crippen LogP contribution < -0.4 is 15.4 Å². The van der Waals surface area contributed by atoms with E-state index in [0.29, 0.717) is 28.0 Å². The van der Waals surface area contributed by atoms with Gasteiger partial charge in [-0.3, -0.25) is 14.9 Å². The number of hydrogen-bond acceptors (Lipinski definition) is 5. The summed E-state index contributed by atoms with van der Waals surface area (Å²) in [5, 5.41) is 7.81.